The summed E-state index contributed by atoms with van der Waals surface area (Å²) in [5.74, 6) is 1.43. The highest BCUT2D eigenvalue weighted by Gasteiger charge is 2.00. The second-order valence-corrected chi connectivity index (χ2v) is 3.01. The maximum atomic E-state index is 5.70. The van der Waals surface area contributed by atoms with Gasteiger partial charge in [-0.05, 0) is 6.92 Å². The third-order valence-corrected chi connectivity index (χ3v) is 1.77. The minimum absolute atomic E-state index is 0.505. The van der Waals surface area contributed by atoms with Gasteiger partial charge in [-0.25, -0.2) is 0 Å². The highest BCUT2D eigenvalue weighted by Crippen LogP contribution is 2.24. The molecule has 0 aliphatic rings. The van der Waals surface area contributed by atoms with Crippen LogP contribution >= 0.6 is 0 Å². The smallest absolute Gasteiger partial charge is 0.125 e. The van der Waals surface area contributed by atoms with Gasteiger partial charge >= 0.3 is 0 Å². The topological polar surface area (TPSA) is 53.7 Å². The zero-order chi connectivity index (χ0) is 11.1. The van der Waals surface area contributed by atoms with E-state index in [9.17, 15) is 0 Å². The molecule has 0 unspecified atom stereocenters. The highest BCUT2D eigenvalue weighted by atomic mass is 16.5. The van der Waals surface area contributed by atoms with Crippen molar-refractivity contribution < 1.29 is 14.2 Å². The van der Waals surface area contributed by atoms with Gasteiger partial charge in [0, 0.05) is 31.0 Å². The van der Waals surface area contributed by atoms with E-state index in [1.54, 1.807) is 19.2 Å². The Morgan fingerprint density at radius 2 is 1.73 bits per heavy atom. The fraction of sp³-hybridized carbons (Fsp3) is 0.455. The molecule has 0 aliphatic heterocycles. The van der Waals surface area contributed by atoms with Gasteiger partial charge in [-0.1, -0.05) is 0 Å². The lowest BCUT2D eigenvalue weighted by Crippen LogP contribution is -2.05. The Kier molecular flexibility index (Phi) is 4.77. The molecule has 15 heavy (non-hydrogen) atoms. The first-order valence-electron chi connectivity index (χ1n) is 4.91. The normalized spacial score (nSPS) is 10.0. The third kappa shape index (κ3) is 4.08. The van der Waals surface area contributed by atoms with Crippen LogP contribution in [0.4, 0.5) is 5.69 Å². The molecule has 0 heterocycles. The van der Waals surface area contributed by atoms with E-state index in [4.69, 9.17) is 19.9 Å². The van der Waals surface area contributed by atoms with Crippen molar-refractivity contribution in [1.82, 2.24) is 0 Å². The van der Waals surface area contributed by atoms with Crippen LogP contribution in [0.1, 0.15) is 6.92 Å². The number of nitrogen functional groups attached to an aromatic ring is 1. The fourth-order valence-corrected chi connectivity index (χ4v) is 1.17. The van der Waals surface area contributed by atoms with Crippen molar-refractivity contribution in [3.63, 3.8) is 0 Å². The van der Waals surface area contributed by atoms with Crippen molar-refractivity contribution in [2.75, 3.05) is 32.7 Å². The second-order valence-electron chi connectivity index (χ2n) is 3.01. The van der Waals surface area contributed by atoms with Gasteiger partial charge in [-0.2, -0.15) is 0 Å². The van der Waals surface area contributed by atoms with Crippen LogP contribution in [0.2, 0.25) is 0 Å². The Morgan fingerprint density at radius 3 is 2.33 bits per heavy atom. The standard InChI is InChI=1S/C11H17NO3/c1-3-14-10-6-9(12)7-11(8-10)15-5-4-13-2/h6-8H,3-5,12H2,1-2H3. The van der Waals surface area contributed by atoms with Gasteiger partial charge in [0.05, 0.1) is 13.2 Å². The van der Waals surface area contributed by atoms with E-state index in [0.29, 0.717) is 31.3 Å². The first-order valence-corrected chi connectivity index (χ1v) is 4.91. The first kappa shape index (κ1) is 11.7. The molecule has 2 N–H and O–H groups in total. The first-order chi connectivity index (χ1) is 7.26. The molecule has 0 spiro atoms. The van der Waals surface area contributed by atoms with Crippen LogP contribution in [0.3, 0.4) is 0 Å². The van der Waals surface area contributed by atoms with Crippen LogP contribution in [-0.2, 0) is 4.74 Å². The number of benzene rings is 1. The number of anilines is 1. The van der Waals surface area contributed by atoms with Gasteiger partial charge in [0.15, 0.2) is 0 Å². The minimum atomic E-state index is 0.505. The number of methoxy groups -OCH3 is 1. The average Bonchev–Trinajstić information content (AvgIpc) is 2.18. The zero-order valence-electron chi connectivity index (χ0n) is 9.16. The molecule has 4 nitrogen and oxygen atoms in total. The van der Waals surface area contributed by atoms with Crippen LogP contribution in [-0.4, -0.2) is 26.9 Å². The Balaban J connectivity index is 2.62. The van der Waals surface area contributed by atoms with Gasteiger partial charge in [-0.3, -0.25) is 0 Å². The summed E-state index contributed by atoms with van der Waals surface area (Å²) < 4.78 is 15.7. The summed E-state index contributed by atoms with van der Waals surface area (Å²) >= 11 is 0. The Bertz CT molecular complexity index is 302. The summed E-state index contributed by atoms with van der Waals surface area (Å²) in [4.78, 5) is 0. The van der Waals surface area contributed by atoms with E-state index in [1.807, 2.05) is 13.0 Å². The number of ether oxygens (including phenoxy) is 3. The summed E-state index contributed by atoms with van der Waals surface area (Å²) in [6.07, 6.45) is 0. The molecule has 0 atom stereocenters. The van der Waals surface area contributed by atoms with Gasteiger partial charge in [0.1, 0.15) is 18.1 Å². The lowest BCUT2D eigenvalue weighted by atomic mass is 10.3. The van der Waals surface area contributed by atoms with Crippen LogP contribution in [0.15, 0.2) is 18.2 Å². The maximum absolute atomic E-state index is 5.70. The molecule has 1 aromatic carbocycles. The minimum Gasteiger partial charge on any atom is -0.494 e. The van der Waals surface area contributed by atoms with Crippen molar-refractivity contribution in [1.29, 1.82) is 0 Å². The van der Waals surface area contributed by atoms with E-state index in [-0.39, 0.29) is 0 Å². The predicted molar refractivity (Wildman–Crippen MR) is 59.4 cm³/mol. The van der Waals surface area contributed by atoms with Crippen LogP contribution in [0.25, 0.3) is 0 Å². The summed E-state index contributed by atoms with van der Waals surface area (Å²) in [6.45, 7) is 3.60. The number of rotatable bonds is 6. The highest BCUT2D eigenvalue weighted by molar-refractivity contribution is 5.50. The predicted octanol–water partition coefficient (Wildman–Crippen LogP) is 1.69. The summed E-state index contributed by atoms with van der Waals surface area (Å²) in [6, 6.07) is 5.35. The van der Waals surface area contributed by atoms with Crippen molar-refractivity contribution in [3.05, 3.63) is 18.2 Å². The van der Waals surface area contributed by atoms with Crippen molar-refractivity contribution in [2.24, 2.45) is 0 Å². The SMILES string of the molecule is CCOc1cc(N)cc(OCCOC)c1. The van der Waals surface area contributed by atoms with Crippen LogP contribution in [0, 0.1) is 0 Å². The molecule has 4 heteroatoms. The van der Waals surface area contributed by atoms with E-state index < -0.39 is 0 Å². The quantitative estimate of drug-likeness (QED) is 0.574. The van der Waals surface area contributed by atoms with Crippen molar-refractivity contribution in [3.8, 4) is 11.5 Å². The maximum Gasteiger partial charge on any atom is 0.125 e. The molecule has 0 saturated carbocycles. The molecule has 0 aromatic heterocycles. The number of hydrogen-bond acceptors (Lipinski definition) is 4. The third-order valence-electron chi connectivity index (χ3n) is 1.77. The summed E-state index contributed by atoms with van der Waals surface area (Å²) in [5.41, 5.74) is 6.34. The van der Waals surface area contributed by atoms with Gasteiger partial charge < -0.3 is 19.9 Å². The van der Waals surface area contributed by atoms with E-state index in [0.717, 1.165) is 5.75 Å². The molecule has 84 valence electrons. The van der Waals surface area contributed by atoms with Gasteiger partial charge in [-0.15, -0.1) is 0 Å². The molecule has 1 rings (SSSR count). The summed E-state index contributed by atoms with van der Waals surface area (Å²) in [7, 11) is 1.63. The second kappa shape index (κ2) is 6.14. The molecule has 0 fully saturated rings. The molecule has 0 saturated heterocycles. The molecule has 0 bridgehead atoms. The molecule has 1 aromatic rings. The van der Waals surface area contributed by atoms with Gasteiger partial charge in [0.2, 0.25) is 0 Å². The van der Waals surface area contributed by atoms with Gasteiger partial charge in [0.25, 0.3) is 0 Å². The lowest BCUT2D eigenvalue weighted by Gasteiger charge is -2.09. The van der Waals surface area contributed by atoms with Crippen LogP contribution < -0.4 is 15.2 Å². The molecular formula is C11H17NO3. The molecular weight excluding hydrogens is 194 g/mol. The monoisotopic (exact) mass is 211 g/mol. The number of hydrogen-bond donors (Lipinski definition) is 1. The molecule has 0 aliphatic carbocycles. The Hall–Kier alpha value is -1.42. The van der Waals surface area contributed by atoms with Crippen molar-refractivity contribution >= 4 is 5.69 Å². The van der Waals surface area contributed by atoms with E-state index >= 15 is 0 Å². The number of nitrogens with two attached hydrogens (primary N) is 1. The fourth-order valence-electron chi connectivity index (χ4n) is 1.17. The van der Waals surface area contributed by atoms with E-state index in [1.165, 1.54) is 0 Å². The Morgan fingerprint density at radius 1 is 1.07 bits per heavy atom. The molecule has 0 radical (unpaired) electrons. The Labute approximate surface area is 89.9 Å². The zero-order valence-corrected chi connectivity index (χ0v) is 9.16. The molecule has 0 amide bonds. The largest absolute Gasteiger partial charge is 0.494 e. The average molecular weight is 211 g/mol. The van der Waals surface area contributed by atoms with Crippen LogP contribution in [0.5, 0.6) is 11.5 Å². The van der Waals surface area contributed by atoms with E-state index in [2.05, 4.69) is 0 Å². The lowest BCUT2D eigenvalue weighted by molar-refractivity contribution is 0.146. The van der Waals surface area contributed by atoms with Crippen molar-refractivity contribution in [2.45, 2.75) is 6.92 Å². The summed E-state index contributed by atoms with van der Waals surface area (Å²) in [5, 5.41) is 0.